The topological polar surface area (TPSA) is 37.4 Å². The molecule has 2 amide bonds. The quantitative estimate of drug-likeness (QED) is 0.765. The van der Waals surface area contributed by atoms with Crippen LogP contribution < -0.4 is 0 Å². The van der Waals surface area contributed by atoms with Crippen molar-refractivity contribution < 1.29 is 9.59 Å². The van der Waals surface area contributed by atoms with Crippen LogP contribution >= 0.6 is 0 Å². The lowest BCUT2D eigenvalue weighted by Crippen LogP contribution is -2.52. The fourth-order valence-electron chi connectivity index (χ4n) is 6.90. The molecule has 0 aromatic heterocycles. The highest BCUT2D eigenvalue weighted by molar-refractivity contribution is 6.03. The average Bonchev–Trinajstić information content (AvgIpc) is 2.83. The first-order valence-electron chi connectivity index (χ1n) is 10.4. The van der Waals surface area contributed by atoms with Crippen LogP contribution in [0.4, 0.5) is 0 Å². The lowest BCUT2D eigenvalue weighted by Gasteiger charge is -2.57. The molecule has 0 radical (unpaired) electrons. The average molecular weight is 351 g/mol. The molecule has 1 aromatic rings. The number of amides is 2. The molecule has 1 aliphatic heterocycles. The van der Waals surface area contributed by atoms with Crippen molar-refractivity contribution in [2.75, 3.05) is 6.54 Å². The zero-order valence-electron chi connectivity index (χ0n) is 15.7. The van der Waals surface area contributed by atoms with Gasteiger partial charge in [-0.25, -0.2) is 0 Å². The number of aryl methyl sites for hydroxylation is 1. The molecule has 5 aliphatic rings. The summed E-state index contributed by atoms with van der Waals surface area (Å²) in [5, 5.41) is 0. The maximum atomic E-state index is 13.0. The smallest absolute Gasteiger partial charge is 0.233 e. The van der Waals surface area contributed by atoms with Crippen LogP contribution in [0.5, 0.6) is 0 Å². The van der Waals surface area contributed by atoms with Crippen LogP contribution in [0.25, 0.3) is 0 Å². The third-order valence-corrected chi connectivity index (χ3v) is 7.60. The van der Waals surface area contributed by atoms with Crippen LogP contribution in [0, 0.1) is 36.0 Å². The van der Waals surface area contributed by atoms with Gasteiger partial charge in [0.15, 0.2) is 0 Å². The number of carbonyl (C=O) groups is 2. The van der Waals surface area contributed by atoms with E-state index >= 15 is 0 Å². The lowest BCUT2D eigenvalue weighted by molar-refractivity contribution is -0.145. The molecule has 3 nitrogen and oxygen atoms in total. The molecule has 26 heavy (non-hydrogen) atoms. The van der Waals surface area contributed by atoms with Gasteiger partial charge in [-0.2, -0.15) is 0 Å². The molecule has 138 valence electrons. The number of rotatable bonds is 4. The van der Waals surface area contributed by atoms with Crippen molar-refractivity contribution in [3.05, 3.63) is 35.4 Å². The minimum Gasteiger partial charge on any atom is -0.282 e. The molecule has 4 saturated carbocycles. The van der Waals surface area contributed by atoms with Crippen molar-refractivity contribution in [2.45, 2.75) is 58.3 Å². The zero-order chi connectivity index (χ0) is 17.9. The van der Waals surface area contributed by atoms with Gasteiger partial charge in [0.1, 0.15) is 0 Å². The van der Waals surface area contributed by atoms with E-state index in [0.29, 0.717) is 19.4 Å². The first kappa shape index (κ1) is 16.5. The number of benzene rings is 1. The first-order chi connectivity index (χ1) is 12.5. The number of carbonyl (C=O) groups excluding carboxylic acids is 2. The molecule has 1 atom stereocenters. The van der Waals surface area contributed by atoms with Crippen molar-refractivity contribution in [3.8, 4) is 0 Å². The van der Waals surface area contributed by atoms with Gasteiger partial charge in [0.25, 0.3) is 0 Å². The second kappa shape index (κ2) is 5.94. The molecule has 0 spiro atoms. The van der Waals surface area contributed by atoms with Gasteiger partial charge in [-0.3, -0.25) is 14.5 Å². The van der Waals surface area contributed by atoms with Crippen molar-refractivity contribution in [2.24, 2.45) is 29.1 Å². The summed E-state index contributed by atoms with van der Waals surface area (Å²) < 4.78 is 0. The van der Waals surface area contributed by atoms with E-state index < -0.39 is 0 Å². The molecule has 0 N–H and O–H groups in total. The Balaban J connectivity index is 1.30. The van der Waals surface area contributed by atoms with E-state index in [0.717, 1.165) is 17.8 Å². The van der Waals surface area contributed by atoms with Crippen LogP contribution in [0.2, 0.25) is 0 Å². The second-order valence-electron chi connectivity index (χ2n) is 9.83. The fourth-order valence-corrected chi connectivity index (χ4v) is 6.90. The number of hydrogen-bond donors (Lipinski definition) is 0. The van der Waals surface area contributed by atoms with Crippen molar-refractivity contribution in [1.29, 1.82) is 0 Å². The van der Waals surface area contributed by atoms with Crippen molar-refractivity contribution in [3.63, 3.8) is 0 Å². The largest absolute Gasteiger partial charge is 0.282 e. The van der Waals surface area contributed by atoms with Gasteiger partial charge in [-0.15, -0.1) is 0 Å². The van der Waals surface area contributed by atoms with E-state index in [1.807, 2.05) is 0 Å². The van der Waals surface area contributed by atoms with E-state index in [9.17, 15) is 9.59 Å². The second-order valence-corrected chi connectivity index (χ2v) is 9.83. The summed E-state index contributed by atoms with van der Waals surface area (Å²) in [6.07, 6.45) is 9.04. The van der Waals surface area contributed by atoms with E-state index in [1.165, 1.54) is 49.7 Å². The number of nitrogens with zero attached hydrogens (tertiary/aromatic N) is 1. The highest BCUT2D eigenvalue weighted by Crippen LogP contribution is 2.60. The molecule has 3 heteroatoms. The Labute approximate surface area is 156 Å². The third kappa shape index (κ3) is 2.80. The van der Waals surface area contributed by atoms with Crippen LogP contribution in [0.1, 0.15) is 56.1 Å². The van der Waals surface area contributed by atoms with Crippen LogP contribution in [-0.4, -0.2) is 23.3 Å². The molecule has 0 unspecified atom stereocenters. The van der Waals surface area contributed by atoms with Gasteiger partial charge in [-0.1, -0.05) is 29.8 Å². The van der Waals surface area contributed by atoms with E-state index in [4.69, 9.17) is 0 Å². The number of imide groups is 1. The molecule has 5 fully saturated rings. The Morgan fingerprint density at radius 2 is 1.54 bits per heavy atom. The SMILES string of the molecule is Cc1ccc(C[C@@H]2CC(=O)N(CC34CC5CC(CC(C5)C3)C4)C2=O)cc1. The maximum Gasteiger partial charge on any atom is 0.233 e. The molecule has 4 bridgehead atoms. The van der Waals surface area contributed by atoms with Gasteiger partial charge in [-0.05, 0) is 80.6 Å². The maximum absolute atomic E-state index is 13.0. The Bertz CT molecular complexity index is 700. The summed E-state index contributed by atoms with van der Waals surface area (Å²) in [5.41, 5.74) is 2.64. The van der Waals surface area contributed by atoms with Gasteiger partial charge in [0.2, 0.25) is 11.8 Å². The van der Waals surface area contributed by atoms with E-state index in [2.05, 4.69) is 31.2 Å². The fraction of sp³-hybridized carbons (Fsp3) is 0.652. The molecule has 1 saturated heterocycles. The summed E-state index contributed by atoms with van der Waals surface area (Å²) in [5.74, 6) is 2.58. The van der Waals surface area contributed by atoms with Gasteiger partial charge in [0.05, 0.1) is 5.92 Å². The zero-order valence-corrected chi connectivity index (χ0v) is 15.7. The highest BCUT2D eigenvalue weighted by Gasteiger charge is 2.53. The summed E-state index contributed by atoms with van der Waals surface area (Å²) in [7, 11) is 0. The Hall–Kier alpha value is -1.64. The molecular formula is C23H29NO2. The van der Waals surface area contributed by atoms with E-state index in [-0.39, 0.29) is 23.1 Å². The van der Waals surface area contributed by atoms with Crippen LogP contribution in [-0.2, 0) is 16.0 Å². The summed E-state index contributed by atoms with van der Waals surface area (Å²) in [6, 6.07) is 8.36. The first-order valence-corrected chi connectivity index (χ1v) is 10.4. The summed E-state index contributed by atoms with van der Waals surface area (Å²) >= 11 is 0. The van der Waals surface area contributed by atoms with Crippen LogP contribution in [0.3, 0.4) is 0 Å². The summed E-state index contributed by atoms with van der Waals surface area (Å²) in [4.78, 5) is 27.3. The standard InChI is InChI=1S/C23H29NO2/c1-15-2-4-16(5-3-15)9-20-10-21(25)24(22(20)26)14-23-11-17-6-18(12-23)8-19(7-17)13-23/h2-5,17-20H,6-14H2,1H3/t17?,18?,19?,20-,23?/m1/s1. The highest BCUT2D eigenvalue weighted by atomic mass is 16.2. The van der Waals surface area contributed by atoms with Crippen molar-refractivity contribution in [1.82, 2.24) is 4.90 Å². The monoisotopic (exact) mass is 351 g/mol. The van der Waals surface area contributed by atoms with Crippen molar-refractivity contribution >= 4 is 11.8 Å². The number of likely N-dealkylation sites (tertiary alicyclic amines) is 1. The predicted octanol–water partition coefficient (Wildman–Crippen LogP) is 4.13. The minimum atomic E-state index is -0.154. The van der Waals surface area contributed by atoms with Crippen LogP contribution in [0.15, 0.2) is 24.3 Å². The molecule has 1 aromatic carbocycles. The molecule has 1 heterocycles. The minimum absolute atomic E-state index is 0.0721. The van der Waals surface area contributed by atoms with Gasteiger partial charge >= 0.3 is 0 Å². The predicted molar refractivity (Wildman–Crippen MR) is 100 cm³/mol. The van der Waals surface area contributed by atoms with Gasteiger partial charge in [0, 0.05) is 13.0 Å². The molecule has 4 aliphatic carbocycles. The molecular weight excluding hydrogens is 322 g/mol. The number of hydrogen-bond acceptors (Lipinski definition) is 2. The lowest BCUT2D eigenvalue weighted by atomic mass is 9.49. The Morgan fingerprint density at radius 1 is 0.962 bits per heavy atom. The van der Waals surface area contributed by atoms with E-state index in [1.54, 1.807) is 4.90 Å². The normalized spacial score (nSPS) is 38.4. The Morgan fingerprint density at radius 3 is 2.12 bits per heavy atom. The Kier molecular flexibility index (Phi) is 3.77. The van der Waals surface area contributed by atoms with Gasteiger partial charge < -0.3 is 0 Å². The molecule has 6 rings (SSSR count). The third-order valence-electron chi connectivity index (χ3n) is 7.60. The summed E-state index contributed by atoms with van der Waals surface area (Å²) in [6.45, 7) is 2.78.